The van der Waals surface area contributed by atoms with Crippen LogP contribution in [0, 0.1) is 0 Å². The van der Waals surface area contributed by atoms with Crippen LogP contribution in [0.5, 0.6) is 0 Å². The van der Waals surface area contributed by atoms with E-state index in [0.717, 1.165) is 18.4 Å². The van der Waals surface area contributed by atoms with E-state index in [0.29, 0.717) is 11.1 Å². The first-order valence-corrected chi connectivity index (χ1v) is 9.01. The maximum Gasteiger partial charge on any atom is 0.339 e. The fourth-order valence-corrected chi connectivity index (χ4v) is 2.69. The first kappa shape index (κ1) is 18.2. The van der Waals surface area contributed by atoms with E-state index in [1.54, 1.807) is 24.3 Å². The van der Waals surface area contributed by atoms with Gasteiger partial charge in [-0.05, 0) is 36.0 Å². The summed E-state index contributed by atoms with van der Waals surface area (Å²) < 4.78 is 5.59. The van der Waals surface area contributed by atoms with Gasteiger partial charge in [0, 0.05) is 11.6 Å². The Hall–Kier alpha value is -2.62. The van der Waals surface area contributed by atoms with Crippen molar-refractivity contribution < 1.29 is 14.3 Å². The average molecular weight is 351 g/mol. The van der Waals surface area contributed by atoms with Crippen molar-refractivity contribution in [3.63, 3.8) is 0 Å². The van der Waals surface area contributed by atoms with Crippen LogP contribution in [-0.4, -0.2) is 17.9 Å². The molecule has 1 aliphatic carbocycles. The smallest absolute Gasteiger partial charge is 0.339 e. The van der Waals surface area contributed by atoms with E-state index >= 15 is 0 Å². The van der Waals surface area contributed by atoms with E-state index in [1.807, 2.05) is 30.3 Å². The summed E-state index contributed by atoms with van der Waals surface area (Å²) in [5.41, 5.74) is 2.27. The zero-order chi connectivity index (χ0) is 18.7. The van der Waals surface area contributed by atoms with Crippen LogP contribution < -0.4 is 5.32 Å². The minimum absolute atomic E-state index is 0.0131. The molecule has 0 aliphatic heterocycles. The van der Waals surface area contributed by atoms with Gasteiger partial charge >= 0.3 is 5.97 Å². The number of esters is 1. The van der Waals surface area contributed by atoms with Crippen LogP contribution in [0.1, 0.15) is 61.2 Å². The summed E-state index contributed by atoms with van der Waals surface area (Å²) in [5.74, 6) is -0.761. The third-order valence-electron chi connectivity index (χ3n) is 4.48. The first-order valence-electron chi connectivity index (χ1n) is 9.01. The van der Waals surface area contributed by atoms with E-state index in [2.05, 4.69) is 26.1 Å². The highest BCUT2D eigenvalue weighted by atomic mass is 16.5. The molecular weight excluding hydrogens is 326 g/mol. The number of rotatable bonds is 5. The second-order valence-corrected chi connectivity index (χ2v) is 7.81. The largest absolute Gasteiger partial charge is 0.444 e. The Kier molecular flexibility index (Phi) is 5.12. The van der Waals surface area contributed by atoms with Crippen molar-refractivity contribution >= 4 is 11.9 Å². The number of nitrogens with one attached hydrogen (secondary N) is 1. The summed E-state index contributed by atoms with van der Waals surface area (Å²) >= 11 is 0. The fraction of sp³-hybridized carbons (Fsp3) is 0.364. The van der Waals surface area contributed by atoms with Crippen molar-refractivity contribution in [1.82, 2.24) is 5.32 Å². The molecule has 0 spiro atoms. The van der Waals surface area contributed by atoms with Gasteiger partial charge in [-0.15, -0.1) is 0 Å². The molecule has 1 amide bonds. The SMILES string of the molecule is CC(C)(C)c1ccc(C(=O)O[C@@H](C(=O)NC2CC2)c2ccccc2)cc1. The number of benzene rings is 2. The molecule has 0 unspecified atom stereocenters. The van der Waals surface area contributed by atoms with Crippen molar-refractivity contribution in [3.8, 4) is 0 Å². The summed E-state index contributed by atoms with van der Waals surface area (Å²) in [6.45, 7) is 6.36. The number of hydrogen-bond acceptors (Lipinski definition) is 3. The van der Waals surface area contributed by atoms with Gasteiger partial charge in [-0.2, -0.15) is 0 Å². The van der Waals surface area contributed by atoms with Crippen LogP contribution >= 0.6 is 0 Å². The highest BCUT2D eigenvalue weighted by molar-refractivity contribution is 5.92. The average Bonchev–Trinajstić information content (AvgIpc) is 3.43. The predicted octanol–water partition coefficient (Wildman–Crippen LogP) is 4.16. The van der Waals surface area contributed by atoms with Gasteiger partial charge in [0.15, 0.2) is 0 Å². The molecule has 2 aromatic rings. The molecule has 26 heavy (non-hydrogen) atoms. The Labute approximate surface area is 154 Å². The maximum atomic E-state index is 12.6. The van der Waals surface area contributed by atoms with Crippen molar-refractivity contribution in [2.24, 2.45) is 0 Å². The van der Waals surface area contributed by atoms with Gasteiger partial charge in [-0.25, -0.2) is 4.79 Å². The first-order chi connectivity index (χ1) is 12.3. The van der Waals surface area contributed by atoms with Crippen molar-refractivity contribution in [2.45, 2.75) is 51.2 Å². The van der Waals surface area contributed by atoms with Crippen LogP contribution in [0.2, 0.25) is 0 Å². The van der Waals surface area contributed by atoms with Gasteiger partial charge in [0.05, 0.1) is 5.56 Å². The highest BCUT2D eigenvalue weighted by Gasteiger charge is 2.31. The topological polar surface area (TPSA) is 55.4 Å². The molecule has 1 fully saturated rings. The van der Waals surface area contributed by atoms with E-state index in [-0.39, 0.29) is 17.4 Å². The normalized spacial score (nSPS) is 15.2. The highest BCUT2D eigenvalue weighted by Crippen LogP contribution is 2.25. The molecule has 136 valence electrons. The summed E-state index contributed by atoms with van der Waals surface area (Å²) in [5, 5.41) is 2.92. The number of ether oxygens (including phenoxy) is 1. The second-order valence-electron chi connectivity index (χ2n) is 7.81. The third-order valence-corrected chi connectivity index (χ3v) is 4.48. The Balaban J connectivity index is 1.77. The summed E-state index contributed by atoms with van der Waals surface area (Å²) in [7, 11) is 0. The molecule has 4 nitrogen and oxygen atoms in total. The Morgan fingerprint density at radius 2 is 1.62 bits per heavy atom. The van der Waals surface area contributed by atoms with Gasteiger partial charge in [-0.3, -0.25) is 4.79 Å². The molecule has 1 atom stereocenters. The van der Waals surface area contributed by atoms with Crippen LogP contribution in [0.3, 0.4) is 0 Å². The van der Waals surface area contributed by atoms with Gasteiger partial charge in [-0.1, -0.05) is 63.2 Å². The molecule has 0 bridgehead atoms. The number of carbonyl (C=O) groups is 2. The number of hydrogen-bond donors (Lipinski definition) is 1. The van der Waals surface area contributed by atoms with Crippen LogP contribution in [0.4, 0.5) is 0 Å². The Bertz CT molecular complexity index is 771. The molecule has 1 aliphatic rings. The van der Waals surface area contributed by atoms with Crippen molar-refractivity contribution in [3.05, 3.63) is 71.3 Å². The number of carbonyl (C=O) groups excluding carboxylic acids is 2. The summed E-state index contributed by atoms with van der Waals surface area (Å²) in [4.78, 5) is 25.2. The molecular formula is C22H25NO3. The molecule has 0 aromatic heterocycles. The minimum Gasteiger partial charge on any atom is -0.444 e. The van der Waals surface area contributed by atoms with Crippen LogP contribution in [0.25, 0.3) is 0 Å². The van der Waals surface area contributed by atoms with Gasteiger partial charge in [0.2, 0.25) is 6.10 Å². The fourth-order valence-electron chi connectivity index (χ4n) is 2.69. The molecule has 2 aromatic carbocycles. The molecule has 0 radical (unpaired) electrons. The molecule has 0 heterocycles. The monoisotopic (exact) mass is 351 g/mol. The van der Waals surface area contributed by atoms with E-state index in [9.17, 15) is 9.59 Å². The Morgan fingerprint density at radius 3 is 2.15 bits per heavy atom. The molecule has 1 N–H and O–H groups in total. The molecule has 3 rings (SSSR count). The lowest BCUT2D eigenvalue weighted by molar-refractivity contribution is -0.130. The van der Waals surface area contributed by atoms with E-state index < -0.39 is 12.1 Å². The van der Waals surface area contributed by atoms with Crippen molar-refractivity contribution in [1.29, 1.82) is 0 Å². The standard InChI is InChI=1S/C22H25NO3/c1-22(2,3)17-11-9-16(10-12-17)21(25)26-19(15-7-5-4-6-8-15)20(24)23-18-13-14-18/h4-12,18-19H,13-14H2,1-3H3,(H,23,24)/t19-/m1/s1. The zero-order valence-electron chi connectivity index (χ0n) is 15.5. The lowest BCUT2D eigenvalue weighted by Crippen LogP contribution is -2.33. The zero-order valence-corrected chi connectivity index (χ0v) is 15.5. The molecule has 4 heteroatoms. The van der Waals surface area contributed by atoms with Gasteiger partial charge < -0.3 is 10.1 Å². The quantitative estimate of drug-likeness (QED) is 0.823. The molecule has 1 saturated carbocycles. The minimum atomic E-state index is -0.938. The van der Waals surface area contributed by atoms with Crippen LogP contribution in [0.15, 0.2) is 54.6 Å². The second kappa shape index (κ2) is 7.32. The third kappa shape index (κ3) is 4.51. The predicted molar refractivity (Wildman–Crippen MR) is 101 cm³/mol. The lowest BCUT2D eigenvalue weighted by atomic mass is 9.87. The Morgan fingerprint density at radius 1 is 1.00 bits per heavy atom. The van der Waals surface area contributed by atoms with Gasteiger partial charge in [0.1, 0.15) is 0 Å². The van der Waals surface area contributed by atoms with E-state index in [1.165, 1.54) is 0 Å². The molecule has 0 saturated heterocycles. The number of amides is 1. The maximum absolute atomic E-state index is 12.6. The summed E-state index contributed by atoms with van der Waals surface area (Å²) in [6, 6.07) is 16.7. The van der Waals surface area contributed by atoms with E-state index in [4.69, 9.17) is 4.74 Å². The van der Waals surface area contributed by atoms with Gasteiger partial charge in [0.25, 0.3) is 5.91 Å². The lowest BCUT2D eigenvalue weighted by Gasteiger charge is -2.20. The van der Waals surface area contributed by atoms with Crippen LogP contribution in [-0.2, 0) is 14.9 Å². The van der Waals surface area contributed by atoms with Crippen molar-refractivity contribution in [2.75, 3.05) is 0 Å². The summed E-state index contributed by atoms with van der Waals surface area (Å²) in [6.07, 6.45) is 1.02.